The Hall–Kier alpha value is -2.31. The van der Waals surface area contributed by atoms with E-state index in [4.69, 9.17) is 4.74 Å². The standard InChI is InChI=1S/C14H19N3O4/c1-3-21-11-5-4-10(8-15-11)16-14(20)17-7-6-9(2)12(17)13(18)19/h4-5,8-9,12H,3,6-7H2,1-2H3,(H,16,20)(H,18,19). The van der Waals surface area contributed by atoms with E-state index >= 15 is 0 Å². The van der Waals surface area contributed by atoms with Crippen LogP contribution in [-0.4, -0.2) is 46.2 Å². The summed E-state index contributed by atoms with van der Waals surface area (Å²) in [7, 11) is 0. The molecule has 2 unspecified atom stereocenters. The predicted molar refractivity (Wildman–Crippen MR) is 76.3 cm³/mol. The molecule has 21 heavy (non-hydrogen) atoms. The molecule has 1 saturated heterocycles. The van der Waals surface area contributed by atoms with E-state index in [2.05, 4.69) is 10.3 Å². The fourth-order valence-corrected chi connectivity index (χ4v) is 2.43. The minimum Gasteiger partial charge on any atom is -0.480 e. The van der Waals surface area contributed by atoms with Crippen LogP contribution in [0.15, 0.2) is 18.3 Å². The number of carboxylic acids is 1. The molecule has 0 aromatic carbocycles. The van der Waals surface area contributed by atoms with Gasteiger partial charge in [-0.1, -0.05) is 6.92 Å². The number of aliphatic carboxylic acids is 1. The van der Waals surface area contributed by atoms with Crippen LogP contribution in [0.5, 0.6) is 5.88 Å². The van der Waals surface area contributed by atoms with Crippen LogP contribution in [0.1, 0.15) is 20.3 Å². The fraction of sp³-hybridized carbons (Fsp3) is 0.500. The average Bonchev–Trinajstić information content (AvgIpc) is 2.83. The number of nitrogens with one attached hydrogen (secondary N) is 1. The maximum atomic E-state index is 12.2. The van der Waals surface area contributed by atoms with E-state index in [0.717, 1.165) is 0 Å². The molecule has 0 bridgehead atoms. The highest BCUT2D eigenvalue weighted by atomic mass is 16.5. The number of amides is 2. The third-order valence-corrected chi connectivity index (χ3v) is 3.49. The van der Waals surface area contributed by atoms with Gasteiger partial charge in [0.25, 0.3) is 0 Å². The van der Waals surface area contributed by atoms with Crippen molar-refractivity contribution < 1.29 is 19.4 Å². The normalized spacial score (nSPS) is 21.1. The van der Waals surface area contributed by atoms with E-state index in [0.29, 0.717) is 31.1 Å². The molecule has 2 amide bonds. The Morgan fingerprint density at radius 2 is 2.29 bits per heavy atom. The lowest BCUT2D eigenvalue weighted by Crippen LogP contribution is -2.44. The van der Waals surface area contributed by atoms with Crippen molar-refractivity contribution in [2.24, 2.45) is 5.92 Å². The second kappa shape index (κ2) is 6.43. The molecule has 1 aromatic rings. The molecule has 114 valence electrons. The first-order valence-corrected chi connectivity index (χ1v) is 6.92. The number of likely N-dealkylation sites (tertiary alicyclic amines) is 1. The van der Waals surface area contributed by atoms with Crippen molar-refractivity contribution in [2.45, 2.75) is 26.3 Å². The Labute approximate surface area is 122 Å². The lowest BCUT2D eigenvalue weighted by Gasteiger charge is -2.23. The fourth-order valence-electron chi connectivity index (χ4n) is 2.43. The molecule has 7 nitrogen and oxygen atoms in total. The van der Waals surface area contributed by atoms with Gasteiger partial charge in [-0.3, -0.25) is 0 Å². The number of rotatable bonds is 4. The smallest absolute Gasteiger partial charge is 0.326 e. The summed E-state index contributed by atoms with van der Waals surface area (Å²) in [5.41, 5.74) is 0.507. The van der Waals surface area contributed by atoms with Crippen LogP contribution < -0.4 is 10.1 Å². The molecule has 0 saturated carbocycles. The zero-order chi connectivity index (χ0) is 15.4. The molecule has 2 atom stereocenters. The summed E-state index contributed by atoms with van der Waals surface area (Å²) in [6, 6.07) is 2.13. The highest BCUT2D eigenvalue weighted by Crippen LogP contribution is 2.25. The van der Waals surface area contributed by atoms with Gasteiger partial charge in [0.15, 0.2) is 0 Å². The molecule has 2 heterocycles. The van der Waals surface area contributed by atoms with Crippen molar-refractivity contribution in [3.63, 3.8) is 0 Å². The number of carboxylic acid groups (broad SMARTS) is 1. The number of ether oxygens (including phenoxy) is 1. The van der Waals surface area contributed by atoms with Crippen molar-refractivity contribution in [1.29, 1.82) is 0 Å². The van der Waals surface area contributed by atoms with Crippen LogP contribution in [0, 0.1) is 5.92 Å². The quantitative estimate of drug-likeness (QED) is 0.883. The molecule has 2 rings (SSSR count). The number of hydrogen-bond acceptors (Lipinski definition) is 4. The number of carbonyl (C=O) groups excluding carboxylic acids is 1. The van der Waals surface area contributed by atoms with Crippen LogP contribution in [0.2, 0.25) is 0 Å². The summed E-state index contributed by atoms with van der Waals surface area (Å²) in [6.45, 7) is 4.65. The summed E-state index contributed by atoms with van der Waals surface area (Å²) in [4.78, 5) is 28.8. The van der Waals surface area contributed by atoms with Gasteiger partial charge in [0.1, 0.15) is 6.04 Å². The van der Waals surface area contributed by atoms with E-state index in [1.54, 1.807) is 12.1 Å². The Kier molecular flexibility index (Phi) is 4.62. The maximum absolute atomic E-state index is 12.2. The SMILES string of the molecule is CCOc1ccc(NC(=O)N2CCC(C)C2C(=O)O)cn1. The molecule has 7 heteroatoms. The van der Waals surface area contributed by atoms with Crippen molar-refractivity contribution >= 4 is 17.7 Å². The largest absolute Gasteiger partial charge is 0.480 e. The first-order valence-electron chi connectivity index (χ1n) is 6.92. The zero-order valence-corrected chi connectivity index (χ0v) is 12.1. The Bertz CT molecular complexity index is 517. The lowest BCUT2D eigenvalue weighted by molar-refractivity contribution is -0.142. The number of urea groups is 1. The highest BCUT2D eigenvalue weighted by Gasteiger charge is 2.39. The van der Waals surface area contributed by atoms with E-state index in [1.165, 1.54) is 11.1 Å². The summed E-state index contributed by atoms with van der Waals surface area (Å²) >= 11 is 0. The molecular formula is C14H19N3O4. The van der Waals surface area contributed by atoms with Gasteiger partial charge >= 0.3 is 12.0 Å². The van der Waals surface area contributed by atoms with E-state index in [1.807, 2.05) is 13.8 Å². The van der Waals surface area contributed by atoms with E-state index in [-0.39, 0.29) is 5.92 Å². The van der Waals surface area contributed by atoms with Gasteiger partial charge in [-0.15, -0.1) is 0 Å². The first-order chi connectivity index (χ1) is 10.0. The lowest BCUT2D eigenvalue weighted by atomic mass is 10.0. The molecule has 1 aromatic heterocycles. The molecule has 0 radical (unpaired) electrons. The maximum Gasteiger partial charge on any atom is 0.326 e. The number of pyridine rings is 1. The predicted octanol–water partition coefficient (Wildman–Crippen LogP) is 1.81. The third-order valence-electron chi connectivity index (χ3n) is 3.49. The monoisotopic (exact) mass is 293 g/mol. The zero-order valence-electron chi connectivity index (χ0n) is 12.1. The Morgan fingerprint density at radius 3 is 2.86 bits per heavy atom. The second-order valence-corrected chi connectivity index (χ2v) is 4.99. The van der Waals surface area contributed by atoms with Gasteiger partial charge < -0.3 is 20.1 Å². The van der Waals surface area contributed by atoms with Gasteiger partial charge in [-0.05, 0) is 25.3 Å². The number of carbonyl (C=O) groups is 2. The topological polar surface area (TPSA) is 91.8 Å². The first kappa shape index (κ1) is 15.1. The Balaban J connectivity index is 2.02. The minimum absolute atomic E-state index is 0.0493. The molecule has 1 aliphatic rings. The number of hydrogen-bond donors (Lipinski definition) is 2. The van der Waals surface area contributed by atoms with Gasteiger partial charge in [-0.25, -0.2) is 14.6 Å². The van der Waals surface area contributed by atoms with Gasteiger partial charge in [0.2, 0.25) is 5.88 Å². The highest BCUT2D eigenvalue weighted by molar-refractivity contribution is 5.92. The Morgan fingerprint density at radius 1 is 1.52 bits per heavy atom. The van der Waals surface area contributed by atoms with Crippen molar-refractivity contribution in [3.05, 3.63) is 18.3 Å². The molecule has 0 spiro atoms. The van der Waals surface area contributed by atoms with Crippen molar-refractivity contribution in [1.82, 2.24) is 9.88 Å². The molecule has 1 fully saturated rings. The van der Waals surface area contributed by atoms with Crippen molar-refractivity contribution in [3.8, 4) is 5.88 Å². The van der Waals surface area contributed by atoms with Crippen molar-refractivity contribution in [2.75, 3.05) is 18.5 Å². The van der Waals surface area contributed by atoms with Crippen LogP contribution in [0.3, 0.4) is 0 Å². The van der Waals surface area contributed by atoms with Gasteiger partial charge in [0, 0.05) is 12.6 Å². The summed E-state index contributed by atoms with van der Waals surface area (Å²) in [5, 5.41) is 11.9. The minimum atomic E-state index is -0.972. The number of anilines is 1. The van der Waals surface area contributed by atoms with Crippen LogP contribution in [0.25, 0.3) is 0 Å². The summed E-state index contributed by atoms with van der Waals surface area (Å²) < 4.78 is 5.22. The molecule has 0 aliphatic carbocycles. The molecular weight excluding hydrogens is 274 g/mol. The molecule has 2 N–H and O–H groups in total. The third kappa shape index (κ3) is 3.42. The molecule has 1 aliphatic heterocycles. The van der Waals surface area contributed by atoms with Gasteiger partial charge in [0.05, 0.1) is 18.5 Å². The van der Waals surface area contributed by atoms with E-state index < -0.39 is 18.0 Å². The average molecular weight is 293 g/mol. The number of nitrogens with zero attached hydrogens (tertiary/aromatic N) is 2. The van der Waals surface area contributed by atoms with E-state index in [9.17, 15) is 14.7 Å². The van der Waals surface area contributed by atoms with Crippen LogP contribution in [-0.2, 0) is 4.79 Å². The van der Waals surface area contributed by atoms with Crippen LogP contribution >= 0.6 is 0 Å². The summed E-state index contributed by atoms with van der Waals surface area (Å²) in [6.07, 6.45) is 2.17. The van der Waals surface area contributed by atoms with Crippen LogP contribution in [0.4, 0.5) is 10.5 Å². The van der Waals surface area contributed by atoms with Gasteiger partial charge in [-0.2, -0.15) is 0 Å². The number of aromatic nitrogens is 1. The summed E-state index contributed by atoms with van der Waals surface area (Å²) in [5.74, 6) is -0.541. The second-order valence-electron chi connectivity index (χ2n) is 4.99.